The van der Waals surface area contributed by atoms with Crippen LogP contribution in [0.2, 0.25) is 6.82 Å². The van der Waals surface area contributed by atoms with Crippen LogP contribution in [0.15, 0.2) is 16.8 Å². The maximum Gasteiger partial charge on any atom is 0.239 e. The van der Waals surface area contributed by atoms with E-state index in [1.165, 1.54) is 11.3 Å². The summed E-state index contributed by atoms with van der Waals surface area (Å²) in [6.45, 7) is 1.91. The van der Waals surface area contributed by atoms with Crippen molar-refractivity contribution in [2.75, 3.05) is 0 Å². The van der Waals surface area contributed by atoms with Gasteiger partial charge in [-0.2, -0.15) is 11.3 Å². The van der Waals surface area contributed by atoms with Crippen molar-refractivity contribution in [1.82, 2.24) is 5.23 Å². The molecule has 0 saturated carbocycles. The summed E-state index contributed by atoms with van der Waals surface area (Å²) in [6, 6.07) is 1.82. The molecule has 52 valence electrons. The van der Waals surface area contributed by atoms with Crippen molar-refractivity contribution in [3.05, 3.63) is 22.4 Å². The van der Waals surface area contributed by atoms with Gasteiger partial charge in [0.2, 0.25) is 13.3 Å². The number of hydrogen-bond donors (Lipinski definition) is 1. The molecule has 10 heavy (non-hydrogen) atoms. The average molecular weight is 153 g/mol. The van der Waals surface area contributed by atoms with Gasteiger partial charge >= 0.3 is 0 Å². The van der Waals surface area contributed by atoms with E-state index in [9.17, 15) is 4.79 Å². The van der Waals surface area contributed by atoms with Crippen molar-refractivity contribution in [2.24, 2.45) is 0 Å². The summed E-state index contributed by atoms with van der Waals surface area (Å²) in [6.07, 6.45) is 0. The van der Waals surface area contributed by atoms with Crippen LogP contribution in [0.4, 0.5) is 0 Å². The van der Waals surface area contributed by atoms with Crippen LogP contribution >= 0.6 is 11.3 Å². The van der Waals surface area contributed by atoms with E-state index in [0.29, 0.717) is 7.41 Å². The van der Waals surface area contributed by atoms with Crippen LogP contribution in [0.5, 0.6) is 0 Å². The van der Waals surface area contributed by atoms with Gasteiger partial charge in [-0.15, -0.1) is 0 Å². The van der Waals surface area contributed by atoms with Crippen LogP contribution < -0.4 is 5.23 Å². The molecule has 0 radical (unpaired) electrons. The smallest absolute Gasteiger partial charge is 0.239 e. The van der Waals surface area contributed by atoms with Crippen LogP contribution in [-0.4, -0.2) is 13.3 Å². The first kappa shape index (κ1) is 7.34. The molecule has 0 aliphatic carbocycles. The van der Waals surface area contributed by atoms with Gasteiger partial charge in [0.15, 0.2) is 0 Å². The van der Waals surface area contributed by atoms with Crippen molar-refractivity contribution >= 4 is 24.7 Å². The number of nitrogens with one attached hydrogen (secondary N) is 1. The van der Waals surface area contributed by atoms with Crippen LogP contribution in [0.3, 0.4) is 0 Å². The zero-order valence-electron chi connectivity index (χ0n) is 5.76. The van der Waals surface area contributed by atoms with Gasteiger partial charge in [-0.1, -0.05) is 6.82 Å². The van der Waals surface area contributed by atoms with Crippen LogP contribution in [-0.2, 0) is 0 Å². The lowest BCUT2D eigenvalue weighted by Gasteiger charge is -1.95. The fourth-order valence-corrected chi connectivity index (χ4v) is 1.29. The molecule has 0 saturated heterocycles. The third kappa shape index (κ3) is 1.61. The van der Waals surface area contributed by atoms with E-state index in [0.717, 1.165) is 5.56 Å². The number of hydrogen-bond acceptors (Lipinski definition) is 2. The molecule has 2 nitrogen and oxygen atoms in total. The Morgan fingerprint density at radius 2 is 2.60 bits per heavy atom. The molecule has 1 aromatic rings. The van der Waals surface area contributed by atoms with E-state index in [2.05, 4.69) is 5.23 Å². The van der Waals surface area contributed by atoms with Crippen LogP contribution in [0.1, 0.15) is 10.4 Å². The molecule has 0 atom stereocenters. The fraction of sp³-hybridized carbons (Fsp3) is 0.167. The summed E-state index contributed by atoms with van der Waals surface area (Å²) in [5.74, 6) is 0.0174. The van der Waals surface area contributed by atoms with Gasteiger partial charge in [-0.25, -0.2) is 0 Å². The number of carbonyl (C=O) groups excluding carboxylic acids is 1. The Kier molecular flexibility index (Phi) is 2.51. The van der Waals surface area contributed by atoms with Crippen molar-refractivity contribution in [1.29, 1.82) is 0 Å². The predicted molar refractivity (Wildman–Crippen MR) is 44.8 cm³/mol. The van der Waals surface area contributed by atoms with E-state index in [4.69, 9.17) is 0 Å². The molecule has 4 heteroatoms. The standard InChI is InChI=1S/C6H8BNOS/c1-7-8-6(9)5-2-3-10-4-5/h2-4,7H,1H3,(H,8,9). The average Bonchev–Trinajstić information content (AvgIpc) is 2.38. The molecular weight excluding hydrogens is 145 g/mol. The Morgan fingerprint density at radius 3 is 3.10 bits per heavy atom. The summed E-state index contributed by atoms with van der Waals surface area (Å²) < 4.78 is 0. The Bertz CT molecular complexity index is 210. The summed E-state index contributed by atoms with van der Waals surface area (Å²) in [7, 11) is 0.689. The predicted octanol–water partition coefficient (Wildman–Crippen LogP) is 0.877. The number of carbonyl (C=O) groups is 1. The molecule has 1 N–H and O–H groups in total. The topological polar surface area (TPSA) is 29.1 Å². The van der Waals surface area contributed by atoms with Gasteiger partial charge in [-0.3, -0.25) is 4.79 Å². The minimum Gasteiger partial charge on any atom is -0.399 e. The van der Waals surface area contributed by atoms with Gasteiger partial charge in [0, 0.05) is 10.9 Å². The highest BCUT2D eigenvalue weighted by Gasteiger charge is 2.01. The zero-order valence-corrected chi connectivity index (χ0v) is 6.57. The first-order chi connectivity index (χ1) is 4.84. The third-order valence-corrected chi connectivity index (χ3v) is 1.80. The third-order valence-electron chi connectivity index (χ3n) is 1.12. The normalized spacial score (nSPS) is 8.90. The van der Waals surface area contributed by atoms with Crippen LogP contribution in [0.25, 0.3) is 0 Å². The summed E-state index contributed by atoms with van der Waals surface area (Å²) >= 11 is 1.53. The molecule has 0 aliphatic rings. The molecule has 0 bridgehead atoms. The van der Waals surface area contributed by atoms with Crippen molar-refractivity contribution in [3.8, 4) is 0 Å². The molecule has 1 aromatic heterocycles. The van der Waals surface area contributed by atoms with E-state index in [1.54, 1.807) is 0 Å². The van der Waals surface area contributed by atoms with Crippen molar-refractivity contribution in [2.45, 2.75) is 6.82 Å². The first-order valence-corrected chi connectivity index (χ1v) is 4.09. The Balaban J connectivity index is 2.59. The minimum atomic E-state index is 0.0174. The Labute approximate surface area is 64.5 Å². The largest absolute Gasteiger partial charge is 0.399 e. The monoisotopic (exact) mass is 153 g/mol. The molecule has 0 spiro atoms. The second-order valence-corrected chi connectivity index (χ2v) is 2.65. The van der Waals surface area contributed by atoms with Gasteiger partial charge in [-0.05, 0) is 11.4 Å². The van der Waals surface area contributed by atoms with E-state index in [-0.39, 0.29) is 5.91 Å². The Morgan fingerprint density at radius 1 is 1.80 bits per heavy atom. The number of amides is 1. The second kappa shape index (κ2) is 3.41. The lowest BCUT2D eigenvalue weighted by Crippen LogP contribution is -2.24. The maximum absolute atomic E-state index is 11.0. The maximum atomic E-state index is 11.0. The highest BCUT2D eigenvalue weighted by atomic mass is 32.1. The van der Waals surface area contributed by atoms with Gasteiger partial charge in [0.05, 0.1) is 0 Å². The van der Waals surface area contributed by atoms with E-state index in [1.807, 2.05) is 23.6 Å². The zero-order chi connectivity index (χ0) is 7.40. The highest BCUT2D eigenvalue weighted by Crippen LogP contribution is 2.04. The van der Waals surface area contributed by atoms with Gasteiger partial charge < -0.3 is 5.23 Å². The van der Waals surface area contributed by atoms with E-state index >= 15 is 0 Å². The Hall–Kier alpha value is -0.765. The quantitative estimate of drug-likeness (QED) is 0.627. The van der Waals surface area contributed by atoms with Gasteiger partial charge in [0.25, 0.3) is 0 Å². The van der Waals surface area contributed by atoms with Crippen LogP contribution in [0, 0.1) is 0 Å². The summed E-state index contributed by atoms with van der Waals surface area (Å²) in [4.78, 5) is 11.0. The first-order valence-electron chi connectivity index (χ1n) is 3.15. The minimum absolute atomic E-state index is 0.0174. The molecule has 0 unspecified atom stereocenters. The molecule has 1 rings (SSSR count). The lowest BCUT2D eigenvalue weighted by molar-refractivity contribution is 0.0981. The molecule has 0 fully saturated rings. The molecule has 0 aromatic carbocycles. The van der Waals surface area contributed by atoms with Gasteiger partial charge in [0.1, 0.15) is 0 Å². The SMILES string of the molecule is CBNC(=O)c1ccsc1. The molecule has 1 amide bonds. The number of rotatable bonds is 2. The summed E-state index contributed by atoms with van der Waals surface area (Å²) in [5, 5.41) is 6.45. The molecular formula is C6H8BNOS. The fourth-order valence-electron chi connectivity index (χ4n) is 0.656. The highest BCUT2D eigenvalue weighted by molar-refractivity contribution is 7.08. The lowest BCUT2D eigenvalue weighted by atomic mass is 10.00. The van der Waals surface area contributed by atoms with Crippen molar-refractivity contribution < 1.29 is 4.79 Å². The molecule has 0 aliphatic heterocycles. The van der Waals surface area contributed by atoms with E-state index < -0.39 is 0 Å². The summed E-state index contributed by atoms with van der Waals surface area (Å²) in [5.41, 5.74) is 0.756. The van der Waals surface area contributed by atoms with Crippen molar-refractivity contribution in [3.63, 3.8) is 0 Å². The number of thiophene rings is 1. The second-order valence-electron chi connectivity index (χ2n) is 1.87. The molecule has 1 heterocycles.